The third-order valence-electron chi connectivity index (χ3n) is 5.26. The Kier molecular flexibility index (Phi) is 4.55. The molecule has 2 aromatic carbocycles. The van der Waals surface area contributed by atoms with Crippen molar-refractivity contribution in [3.05, 3.63) is 64.7 Å². The molecule has 2 aliphatic rings. The average Bonchev–Trinajstić information content (AvgIpc) is 2.93. The van der Waals surface area contributed by atoms with Gasteiger partial charge in [-0.25, -0.2) is 0 Å². The standard InChI is InChI=1S/C22H20N2O4/c1-14-8-9-18-17(13-14)19(25)10-12-23(18)20(26)7-4-11-24-21(27)15-5-2-3-6-16(15)22(24)28/h2-3,5-6,8-9,13H,4,7,10-12H2,1H3. The first kappa shape index (κ1) is 18.1. The van der Waals surface area contributed by atoms with E-state index in [-0.39, 0.29) is 36.5 Å². The van der Waals surface area contributed by atoms with Gasteiger partial charge in [0.05, 0.1) is 16.8 Å². The SMILES string of the molecule is Cc1ccc2c(c1)C(=O)CCN2C(=O)CCCN1C(=O)c2ccccc2C1=O. The average molecular weight is 376 g/mol. The summed E-state index contributed by atoms with van der Waals surface area (Å²) in [5, 5.41) is 0. The number of hydrogen-bond donors (Lipinski definition) is 0. The summed E-state index contributed by atoms with van der Waals surface area (Å²) < 4.78 is 0. The zero-order chi connectivity index (χ0) is 19.8. The van der Waals surface area contributed by atoms with Gasteiger partial charge in [0.25, 0.3) is 11.8 Å². The highest BCUT2D eigenvalue weighted by molar-refractivity contribution is 6.21. The van der Waals surface area contributed by atoms with Gasteiger partial charge in [0.1, 0.15) is 0 Å². The van der Waals surface area contributed by atoms with Gasteiger partial charge in [-0.05, 0) is 37.6 Å². The number of hydrogen-bond acceptors (Lipinski definition) is 4. The van der Waals surface area contributed by atoms with E-state index in [4.69, 9.17) is 0 Å². The van der Waals surface area contributed by atoms with Crippen LogP contribution in [0.25, 0.3) is 0 Å². The minimum Gasteiger partial charge on any atom is -0.311 e. The fourth-order valence-electron chi connectivity index (χ4n) is 3.80. The lowest BCUT2D eigenvalue weighted by molar-refractivity contribution is -0.118. The van der Waals surface area contributed by atoms with E-state index in [9.17, 15) is 19.2 Å². The molecule has 6 nitrogen and oxygen atoms in total. The number of benzene rings is 2. The van der Waals surface area contributed by atoms with E-state index in [1.54, 1.807) is 29.2 Å². The maximum absolute atomic E-state index is 12.7. The van der Waals surface area contributed by atoms with Gasteiger partial charge in [-0.1, -0.05) is 23.8 Å². The predicted molar refractivity (Wildman–Crippen MR) is 104 cm³/mol. The molecule has 3 amide bonds. The van der Waals surface area contributed by atoms with Crippen LogP contribution < -0.4 is 4.90 Å². The Labute approximate surface area is 162 Å². The minimum absolute atomic E-state index is 0.0498. The van der Waals surface area contributed by atoms with Gasteiger partial charge >= 0.3 is 0 Å². The predicted octanol–water partition coefficient (Wildman–Crippen LogP) is 2.99. The molecular weight excluding hydrogens is 356 g/mol. The highest BCUT2D eigenvalue weighted by atomic mass is 16.2. The summed E-state index contributed by atoms with van der Waals surface area (Å²) in [6.45, 7) is 2.47. The van der Waals surface area contributed by atoms with Crippen LogP contribution in [0.2, 0.25) is 0 Å². The monoisotopic (exact) mass is 376 g/mol. The maximum atomic E-state index is 12.7. The zero-order valence-corrected chi connectivity index (χ0v) is 15.6. The molecule has 0 N–H and O–H groups in total. The van der Waals surface area contributed by atoms with E-state index in [2.05, 4.69) is 0 Å². The first-order valence-electron chi connectivity index (χ1n) is 9.37. The number of anilines is 1. The Morgan fingerprint density at radius 1 is 0.964 bits per heavy atom. The van der Waals surface area contributed by atoms with Crippen molar-refractivity contribution in [3.63, 3.8) is 0 Å². The summed E-state index contributed by atoms with van der Waals surface area (Å²) in [4.78, 5) is 52.5. The van der Waals surface area contributed by atoms with Crippen LogP contribution in [0, 0.1) is 6.92 Å². The molecule has 142 valence electrons. The molecule has 0 radical (unpaired) electrons. The van der Waals surface area contributed by atoms with Crippen LogP contribution in [0.15, 0.2) is 42.5 Å². The van der Waals surface area contributed by atoms with Crippen molar-refractivity contribution < 1.29 is 19.2 Å². The van der Waals surface area contributed by atoms with Crippen LogP contribution in [-0.4, -0.2) is 41.5 Å². The fourth-order valence-corrected chi connectivity index (χ4v) is 3.80. The number of rotatable bonds is 4. The number of aryl methyl sites for hydroxylation is 1. The van der Waals surface area contributed by atoms with E-state index in [1.807, 2.05) is 25.1 Å². The number of carbonyl (C=O) groups excluding carboxylic acids is 4. The normalized spacial score (nSPS) is 15.7. The molecule has 4 rings (SSSR count). The van der Waals surface area contributed by atoms with Crippen LogP contribution >= 0.6 is 0 Å². The van der Waals surface area contributed by atoms with Gasteiger partial charge in [-0.2, -0.15) is 0 Å². The first-order valence-corrected chi connectivity index (χ1v) is 9.37. The molecule has 0 aromatic heterocycles. The molecule has 2 aliphatic heterocycles. The second kappa shape index (κ2) is 7.03. The van der Waals surface area contributed by atoms with Crippen molar-refractivity contribution in [2.75, 3.05) is 18.0 Å². The molecule has 0 atom stereocenters. The Bertz CT molecular complexity index is 976. The van der Waals surface area contributed by atoms with Gasteiger partial charge in [0, 0.05) is 31.5 Å². The molecular formula is C22H20N2O4. The van der Waals surface area contributed by atoms with E-state index in [1.165, 1.54) is 4.90 Å². The second-order valence-corrected chi connectivity index (χ2v) is 7.15. The van der Waals surface area contributed by atoms with Crippen molar-refractivity contribution in [2.45, 2.75) is 26.2 Å². The van der Waals surface area contributed by atoms with Gasteiger partial charge in [-0.3, -0.25) is 24.1 Å². The molecule has 28 heavy (non-hydrogen) atoms. The molecule has 2 heterocycles. The number of carbonyl (C=O) groups is 4. The Morgan fingerprint density at radius 3 is 2.32 bits per heavy atom. The summed E-state index contributed by atoms with van der Waals surface area (Å²) in [5.74, 6) is -0.669. The lowest BCUT2D eigenvalue weighted by Crippen LogP contribution is -2.38. The first-order chi connectivity index (χ1) is 13.5. The topological polar surface area (TPSA) is 74.8 Å². The van der Waals surface area contributed by atoms with Crippen molar-refractivity contribution in [1.82, 2.24) is 4.90 Å². The van der Waals surface area contributed by atoms with E-state index in [0.717, 1.165) is 5.56 Å². The summed E-state index contributed by atoms with van der Waals surface area (Å²) >= 11 is 0. The molecule has 0 saturated carbocycles. The van der Waals surface area contributed by atoms with Crippen LogP contribution in [0.5, 0.6) is 0 Å². The number of ketones is 1. The number of amides is 3. The Balaban J connectivity index is 1.41. The van der Waals surface area contributed by atoms with Crippen LogP contribution in [0.3, 0.4) is 0 Å². The van der Waals surface area contributed by atoms with Crippen LogP contribution in [0.1, 0.15) is 55.9 Å². The number of Topliss-reactive ketones (excluding diaryl/α,β-unsaturated/α-hetero) is 1. The second-order valence-electron chi connectivity index (χ2n) is 7.15. The zero-order valence-electron chi connectivity index (χ0n) is 15.6. The highest BCUT2D eigenvalue weighted by Gasteiger charge is 2.35. The van der Waals surface area contributed by atoms with Crippen molar-refractivity contribution in [1.29, 1.82) is 0 Å². The number of fused-ring (bicyclic) bond motifs is 2. The molecule has 0 aliphatic carbocycles. The smallest absolute Gasteiger partial charge is 0.261 e. The van der Waals surface area contributed by atoms with E-state index >= 15 is 0 Å². The van der Waals surface area contributed by atoms with Gasteiger partial charge in [0.2, 0.25) is 5.91 Å². The largest absolute Gasteiger partial charge is 0.311 e. The third-order valence-corrected chi connectivity index (χ3v) is 5.26. The Morgan fingerprint density at radius 2 is 1.64 bits per heavy atom. The van der Waals surface area contributed by atoms with Gasteiger partial charge in [-0.15, -0.1) is 0 Å². The van der Waals surface area contributed by atoms with Crippen molar-refractivity contribution in [2.24, 2.45) is 0 Å². The molecule has 0 saturated heterocycles. The third kappa shape index (κ3) is 3.01. The molecule has 2 aromatic rings. The lowest BCUT2D eigenvalue weighted by atomic mass is 9.98. The highest BCUT2D eigenvalue weighted by Crippen LogP contribution is 2.29. The van der Waals surface area contributed by atoms with Crippen molar-refractivity contribution >= 4 is 29.2 Å². The quantitative estimate of drug-likeness (QED) is 0.769. The molecule has 0 unspecified atom stereocenters. The molecule has 6 heteroatoms. The molecule has 0 fully saturated rings. The fraction of sp³-hybridized carbons (Fsp3) is 0.273. The van der Waals surface area contributed by atoms with Gasteiger partial charge in [0.15, 0.2) is 5.78 Å². The lowest BCUT2D eigenvalue weighted by Gasteiger charge is -2.29. The number of imide groups is 1. The molecule has 0 bridgehead atoms. The summed E-state index contributed by atoms with van der Waals surface area (Å²) in [6, 6.07) is 12.3. The van der Waals surface area contributed by atoms with Gasteiger partial charge < -0.3 is 4.90 Å². The van der Waals surface area contributed by atoms with E-state index in [0.29, 0.717) is 41.8 Å². The summed E-state index contributed by atoms with van der Waals surface area (Å²) in [5.41, 5.74) is 3.04. The van der Waals surface area contributed by atoms with Crippen LogP contribution in [0.4, 0.5) is 5.69 Å². The van der Waals surface area contributed by atoms with E-state index < -0.39 is 0 Å². The summed E-state index contributed by atoms with van der Waals surface area (Å²) in [6.07, 6.45) is 0.894. The maximum Gasteiger partial charge on any atom is 0.261 e. The van der Waals surface area contributed by atoms with Crippen molar-refractivity contribution in [3.8, 4) is 0 Å². The minimum atomic E-state index is -0.308. The Hall–Kier alpha value is -3.28. The summed E-state index contributed by atoms with van der Waals surface area (Å²) in [7, 11) is 0. The molecule has 0 spiro atoms. The number of nitrogens with zero attached hydrogens (tertiary/aromatic N) is 2. The van der Waals surface area contributed by atoms with Crippen LogP contribution in [-0.2, 0) is 4.79 Å².